The van der Waals surface area contributed by atoms with Crippen molar-refractivity contribution in [3.05, 3.63) is 11.6 Å². The average Bonchev–Trinajstić information content (AvgIpc) is 3.05. The molecule has 0 bridgehead atoms. The Balaban J connectivity index is 1.80. The van der Waals surface area contributed by atoms with Gasteiger partial charge in [-0.25, -0.2) is 0 Å². The molecule has 0 radical (unpaired) electrons. The third kappa shape index (κ3) is 3.03. The summed E-state index contributed by atoms with van der Waals surface area (Å²) in [5, 5.41) is 14.1. The van der Waals surface area contributed by atoms with Crippen molar-refractivity contribution in [2.75, 3.05) is 0 Å². The summed E-state index contributed by atoms with van der Waals surface area (Å²) >= 11 is 0. The normalized spacial score (nSPS) is 16.9. The lowest BCUT2D eigenvalue weighted by Gasteiger charge is -2.13. The first-order valence-electron chi connectivity index (χ1n) is 5.96. The van der Waals surface area contributed by atoms with E-state index in [1.54, 1.807) is 0 Å². The fourth-order valence-corrected chi connectivity index (χ4v) is 1.50. The van der Waals surface area contributed by atoms with Gasteiger partial charge in [0.2, 0.25) is 5.91 Å². The molecule has 0 spiro atoms. The van der Waals surface area contributed by atoms with Crippen LogP contribution in [0.3, 0.4) is 0 Å². The van der Waals surface area contributed by atoms with Gasteiger partial charge in [-0.1, -0.05) is 0 Å². The first-order valence-corrected chi connectivity index (χ1v) is 5.96. The maximum absolute atomic E-state index is 11.7. The number of rotatable bonds is 5. The van der Waals surface area contributed by atoms with Gasteiger partial charge in [-0.2, -0.15) is 0 Å². The first kappa shape index (κ1) is 12.0. The zero-order valence-electron chi connectivity index (χ0n) is 10.5. The van der Waals surface area contributed by atoms with E-state index in [1.165, 1.54) is 0 Å². The van der Waals surface area contributed by atoms with Crippen molar-refractivity contribution in [3.63, 3.8) is 0 Å². The van der Waals surface area contributed by atoms with Gasteiger partial charge in [0.05, 0.1) is 12.6 Å². The van der Waals surface area contributed by atoms with Crippen molar-refractivity contribution in [1.29, 1.82) is 0 Å². The number of carbonyl (C=O) groups is 1. The van der Waals surface area contributed by atoms with Gasteiger partial charge >= 0.3 is 0 Å². The lowest BCUT2D eigenvalue weighted by Crippen LogP contribution is -2.42. The molecule has 1 saturated carbocycles. The summed E-state index contributed by atoms with van der Waals surface area (Å²) in [7, 11) is 1.92. The Morgan fingerprint density at radius 3 is 2.76 bits per heavy atom. The minimum absolute atomic E-state index is 0.0615. The Labute approximate surface area is 101 Å². The highest BCUT2D eigenvalue weighted by atomic mass is 16.2. The third-order valence-electron chi connectivity index (χ3n) is 3.07. The van der Waals surface area contributed by atoms with Crippen LogP contribution in [0.4, 0.5) is 0 Å². The summed E-state index contributed by atoms with van der Waals surface area (Å²) < 4.78 is 1.92. The summed E-state index contributed by atoms with van der Waals surface area (Å²) in [6, 6.07) is 0.205. The zero-order chi connectivity index (χ0) is 12.4. The second-order valence-corrected chi connectivity index (χ2v) is 4.61. The number of amides is 1. The number of aromatic nitrogens is 3. The van der Waals surface area contributed by atoms with Gasteiger partial charge in [0.1, 0.15) is 11.6 Å². The predicted molar refractivity (Wildman–Crippen MR) is 63.2 cm³/mol. The van der Waals surface area contributed by atoms with Crippen molar-refractivity contribution < 1.29 is 4.79 Å². The molecule has 0 aliphatic heterocycles. The standard InChI is InChI=1S/C11H19N5O/c1-7(11(17)13-9-4-5-9)12-6-10-15-14-8(2)16(10)3/h7,9,12H,4-6H2,1-3H3,(H,13,17). The van der Waals surface area contributed by atoms with Crippen LogP contribution >= 0.6 is 0 Å². The van der Waals surface area contributed by atoms with E-state index in [4.69, 9.17) is 0 Å². The fourth-order valence-electron chi connectivity index (χ4n) is 1.50. The second kappa shape index (κ2) is 4.83. The SMILES string of the molecule is Cc1nnc(CNC(C)C(=O)NC2CC2)n1C. The largest absolute Gasteiger partial charge is 0.352 e. The van der Waals surface area contributed by atoms with Gasteiger partial charge in [-0.05, 0) is 26.7 Å². The molecule has 2 rings (SSSR count). The summed E-state index contributed by atoms with van der Waals surface area (Å²) in [6.07, 6.45) is 2.22. The highest BCUT2D eigenvalue weighted by molar-refractivity contribution is 5.81. The van der Waals surface area contributed by atoms with Crippen molar-refractivity contribution in [2.24, 2.45) is 7.05 Å². The van der Waals surface area contributed by atoms with Crippen LogP contribution in [0, 0.1) is 6.92 Å². The van der Waals surface area contributed by atoms with Gasteiger partial charge in [0.15, 0.2) is 0 Å². The first-order chi connectivity index (χ1) is 8.08. The Hall–Kier alpha value is -1.43. The van der Waals surface area contributed by atoms with Crippen LogP contribution in [0.5, 0.6) is 0 Å². The fraction of sp³-hybridized carbons (Fsp3) is 0.727. The number of nitrogens with zero attached hydrogens (tertiary/aromatic N) is 3. The number of carbonyl (C=O) groups excluding carboxylic acids is 1. The van der Waals surface area contributed by atoms with Gasteiger partial charge in [-0.3, -0.25) is 10.1 Å². The van der Waals surface area contributed by atoms with Crippen molar-refractivity contribution in [3.8, 4) is 0 Å². The van der Waals surface area contributed by atoms with E-state index in [-0.39, 0.29) is 11.9 Å². The molecule has 1 fully saturated rings. The van der Waals surface area contributed by atoms with Crippen LogP contribution in [0.2, 0.25) is 0 Å². The lowest BCUT2D eigenvalue weighted by molar-refractivity contribution is -0.122. The summed E-state index contributed by atoms with van der Waals surface area (Å²) in [4.78, 5) is 11.7. The predicted octanol–water partition coefficient (Wildman–Crippen LogP) is -0.120. The number of nitrogens with one attached hydrogen (secondary N) is 2. The number of hydrogen-bond acceptors (Lipinski definition) is 4. The number of aryl methyl sites for hydroxylation is 1. The molecule has 2 N–H and O–H groups in total. The maximum atomic E-state index is 11.7. The van der Waals surface area contributed by atoms with Crippen molar-refractivity contribution in [1.82, 2.24) is 25.4 Å². The quantitative estimate of drug-likeness (QED) is 0.749. The van der Waals surface area contributed by atoms with Gasteiger partial charge in [0, 0.05) is 13.1 Å². The molecule has 1 atom stereocenters. The molecular formula is C11H19N5O. The molecular weight excluding hydrogens is 218 g/mol. The van der Waals surface area contributed by atoms with E-state index in [0.29, 0.717) is 12.6 Å². The minimum atomic E-state index is -0.201. The highest BCUT2D eigenvalue weighted by Crippen LogP contribution is 2.18. The smallest absolute Gasteiger partial charge is 0.237 e. The Kier molecular flexibility index (Phi) is 3.42. The van der Waals surface area contributed by atoms with E-state index in [0.717, 1.165) is 24.5 Å². The van der Waals surface area contributed by atoms with E-state index in [1.807, 2.05) is 25.5 Å². The van der Waals surface area contributed by atoms with Gasteiger partial charge in [-0.15, -0.1) is 10.2 Å². The summed E-state index contributed by atoms with van der Waals surface area (Å²) in [5.74, 6) is 1.77. The number of hydrogen-bond donors (Lipinski definition) is 2. The molecule has 1 aromatic heterocycles. The molecule has 1 unspecified atom stereocenters. The van der Waals surface area contributed by atoms with Crippen LogP contribution in [0.25, 0.3) is 0 Å². The van der Waals surface area contributed by atoms with Crippen molar-refractivity contribution >= 4 is 5.91 Å². The molecule has 1 heterocycles. The van der Waals surface area contributed by atoms with Crippen molar-refractivity contribution in [2.45, 2.75) is 45.3 Å². The van der Waals surface area contributed by atoms with Crippen LogP contribution in [0.15, 0.2) is 0 Å². The Morgan fingerprint density at radius 2 is 2.24 bits per heavy atom. The monoisotopic (exact) mass is 237 g/mol. The molecule has 0 aromatic carbocycles. The molecule has 17 heavy (non-hydrogen) atoms. The minimum Gasteiger partial charge on any atom is -0.352 e. The van der Waals surface area contributed by atoms with Gasteiger partial charge < -0.3 is 9.88 Å². The van der Waals surface area contributed by atoms with Crippen LogP contribution in [0.1, 0.15) is 31.4 Å². The zero-order valence-corrected chi connectivity index (χ0v) is 10.5. The topological polar surface area (TPSA) is 71.8 Å². The van der Waals surface area contributed by atoms with Crippen LogP contribution in [-0.4, -0.2) is 32.8 Å². The van der Waals surface area contributed by atoms with Crippen LogP contribution < -0.4 is 10.6 Å². The van der Waals surface area contributed by atoms with Gasteiger partial charge in [0.25, 0.3) is 0 Å². The Bertz CT molecular complexity index is 410. The Morgan fingerprint density at radius 1 is 1.53 bits per heavy atom. The van der Waals surface area contributed by atoms with Crippen LogP contribution in [-0.2, 0) is 18.4 Å². The summed E-state index contributed by atoms with van der Waals surface area (Å²) in [6.45, 7) is 4.32. The van der Waals surface area contributed by atoms with E-state index in [2.05, 4.69) is 20.8 Å². The third-order valence-corrected chi connectivity index (χ3v) is 3.07. The highest BCUT2D eigenvalue weighted by Gasteiger charge is 2.25. The molecule has 1 amide bonds. The molecule has 94 valence electrons. The molecule has 0 saturated heterocycles. The second-order valence-electron chi connectivity index (χ2n) is 4.61. The molecule has 1 aliphatic carbocycles. The summed E-state index contributed by atoms with van der Waals surface area (Å²) in [5.41, 5.74) is 0. The van der Waals surface area contributed by atoms with E-state index < -0.39 is 0 Å². The maximum Gasteiger partial charge on any atom is 0.237 e. The van der Waals surface area contributed by atoms with E-state index >= 15 is 0 Å². The molecule has 1 aromatic rings. The lowest BCUT2D eigenvalue weighted by atomic mass is 10.3. The molecule has 6 nitrogen and oxygen atoms in total. The van der Waals surface area contributed by atoms with E-state index in [9.17, 15) is 4.79 Å². The molecule has 6 heteroatoms. The average molecular weight is 237 g/mol. The molecule has 1 aliphatic rings.